The standard InChI is InChI=1S/C9H19N.C5H12.In/c1-8(2)10-6-4-9(3)5-7-10;1-4-5(2)3;/h8-9H,4-7H2,1-3H3;5H,4H2,1-3H3;. The van der Waals surface area contributed by atoms with E-state index in [1.54, 1.807) is 0 Å². The zero-order valence-corrected chi connectivity index (χ0v) is 15.6. The fraction of sp³-hybridized carbons (Fsp3) is 1.00. The Bertz CT molecular complexity index is 138. The molecule has 0 N–H and O–H groups in total. The van der Waals surface area contributed by atoms with Crippen molar-refractivity contribution in [1.29, 1.82) is 0 Å². The second-order valence-corrected chi connectivity index (χ2v) is 5.61. The van der Waals surface area contributed by atoms with Crippen molar-refractivity contribution in [3.63, 3.8) is 0 Å². The molecule has 0 aliphatic carbocycles. The zero-order valence-electron chi connectivity index (χ0n) is 12.3. The Morgan fingerprint density at radius 2 is 1.44 bits per heavy atom. The quantitative estimate of drug-likeness (QED) is 0.745. The number of likely N-dealkylation sites (tertiary alicyclic amines) is 1. The average molecular weight is 328 g/mol. The maximum absolute atomic E-state index is 2.57. The van der Waals surface area contributed by atoms with Crippen LogP contribution in [-0.2, 0) is 0 Å². The molecule has 2 heteroatoms. The summed E-state index contributed by atoms with van der Waals surface area (Å²) < 4.78 is 0. The largest absolute Gasteiger partial charge is 0.301 e. The Morgan fingerprint density at radius 3 is 1.69 bits per heavy atom. The van der Waals surface area contributed by atoms with Crippen LogP contribution in [-0.4, -0.2) is 49.9 Å². The van der Waals surface area contributed by atoms with Gasteiger partial charge < -0.3 is 4.90 Å². The van der Waals surface area contributed by atoms with Crippen LogP contribution < -0.4 is 0 Å². The van der Waals surface area contributed by atoms with E-state index in [0.717, 1.165) is 17.9 Å². The first kappa shape index (κ1) is 19.2. The SMILES string of the molecule is CC1CCN(C(C)C)CC1.CCC(C)C.[In]. The van der Waals surface area contributed by atoms with E-state index >= 15 is 0 Å². The van der Waals surface area contributed by atoms with E-state index < -0.39 is 0 Å². The molecule has 0 atom stereocenters. The smallest absolute Gasteiger partial charge is 0.00385 e. The van der Waals surface area contributed by atoms with Gasteiger partial charge in [-0.25, -0.2) is 0 Å². The molecule has 0 aromatic rings. The summed E-state index contributed by atoms with van der Waals surface area (Å²) in [7, 11) is 0. The normalized spacial score (nSPS) is 18.0. The van der Waals surface area contributed by atoms with Gasteiger partial charge in [0, 0.05) is 31.9 Å². The third-order valence-corrected chi connectivity index (χ3v) is 3.37. The first-order valence-corrected chi connectivity index (χ1v) is 6.71. The minimum Gasteiger partial charge on any atom is -0.301 e. The third kappa shape index (κ3) is 10.0. The second-order valence-electron chi connectivity index (χ2n) is 5.61. The second kappa shape index (κ2) is 11.0. The average Bonchev–Trinajstić information content (AvgIpc) is 2.19. The van der Waals surface area contributed by atoms with Crippen molar-refractivity contribution in [3.8, 4) is 0 Å². The molecule has 0 saturated carbocycles. The van der Waals surface area contributed by atoms with Gasteiger partial charge in [0.1, 0.15) is 0 Å². The molecule has 0 bridgehead atoms. The summed E-state index contributed by atoms with van der Waals surface area (Å²) in [4.78, 5) is 2.57. The van der Waals surface area contributed by atoms with E-state index in [4.69, 9.17) is 0 Å². The van der Waals surface area contributed by atoms with Gasteiger partial charge in [-0.3, -0.25) is 0 Å². The third-order valence-electron chi connectivity index (χ3n) is 3.37. The predicted molar refractivity (Wildman–Crippen MR) is 76.0 cm³/mol. The Kier molecular flexibility index (Phi) is 13.1. The van der Waals surface area contributed by atoms with E-state index in [1.165, 1.54) is 32.4 Å². The maximum Gasteiger partial charge on any atom is 0.00385 e. The number of hydrogen-bond donors (Lipinski definition) is 0. The molecule has 1 rings (SSSR count). The van der Waals surface area contributed by atoms with Crippen LogP contribution in [0.25, 0.3) is 0 Å². The Balaban J connectivity index is 0. The summed E-state index contributed by atoms with van der Waals surface area (Å²) >= 11 is 0. The molecule has 1 aliphatic rings. The molecule has 1 saturated heterocycles. The first-order chi connectivity index (χ1) is 6.97. The molecule has 1 fully saturated rings. The molecule has 3 radical (unpaired) electrons. The minimum atomic E-state index is 0. The molecule has 0 aromatic carbocycles. The van der Waals surface area contributed by atoms with Crippen LogP contribution in [0.15, 0.2) is 0 Å². The first-order valence-electron chi connectivity index (χ1n) is 6.71. The summed E-state index contributed by atoms with van der Waals surface area (Å²) in [6.07, 6.45) is 4.11. The molecule has 1 heterocycles. The van der Waals surface area contributed by atoms with Crippen LogP contribution in [0, 0.1) is 11.8 Å². The van der Waals surface area contributed by atoms with E-state index in [9.17, 15) is 0 Å². The molecular formula is C14H31InN. The van der Waals surface area contributed by atoms with Crippen LogP contribution in [0.3, 0.4) is 0 Å². The van der Waals surface area contributed by atoms with E-state index in [1.807, 2.05) is 0 Å². The summed E-state index contributed by atoms with van der Waals surface area (Å²) in [6.45, 7) is 16.2. The summed E-state index contributed by atoms with van der Waals surface area (Å²) in [5, 5.41) is 0. The molecule has 1 aliphatic heterocycles. The molecule has 0 spiro atoms. The number of piperidine rings is 1. The summed E-state index contributed by atoms with van der Waals surface area (Å²) in [6, 6.07) is 0.757. The van der Waals surface area contributed by atoms with Crippen LogP contribution in [0.1, 0.15) is 60.8 Å². The Hall–Kier alpha value is 0.830. The Morgan fingerprint density at radius 1 is 1.06 bits per heavy atom. The van der Waals surface area contributed by atoms with Crippen molar-refractivity contribution in [2.45, 2.75) is 66.8 Å². The van der Waals surface area contributed by atoms with Crippen molar-refractivity contribution in [2.75, 3.05) is 13.1 Å². The minimum absolute atomic E-state index is 0. The molecular weight excluding hydrogens is 297 g/mol. The topological polar surface area (TPSA) is 3.24 Å². The summed E-state index contributed by atoms with van der Waals surface area (Å²) in [5.74, 6) is 1.85. The molecule has 0 amide bonds. The van der Waals surface area contributed by atoms with Crippen LogP contribution in [0.2, 0.25) is 0 Å². The summed E-state index contributed by atoms with van der Waals surface area (Å²) in [5.41, 5.74) is 0. The van der Waals surface area contributed by atoms with Crippen molar-refractivity contribution in [1.82, 2.24) is 4.90 Å². The van der Waals surface area contributed by atoms with E-state index in [2.05, 4.69) is 46.4 Å². The van der Waals surface area contributed by atoms with Gasteiger partial charge in [-0.1, -0.05) is 34.1 Å². The fourth-order valence-corrected chi connectivity index (χ4v) is 1.54. The monoisotopic (exact) mass is 328 g/mol. The van der Waals surface area contributed by atoms with Gasteiger partial charge >= 0.3 is 0 Å². The fourth-order valence-electron chi connectivity index (χ4n) is 1.54. The van der Waals surface area contributed by atoms with Gasteiger partial charge in [-0.15, -0.1) is 0 Å². The van der Waals surface area contributed by atoms with Crippen molar-refractivity contribution < 1.29 is 0 Å². The van der Waals surface area contributed by atoms with Gasteiger partial charge in [-0.05, 0) is 51.6 Å². The number of nitrogens with zero attached hydrogens (tertiary/aromatic N) is 1. The van der Waals surface area contributed by atoms with Crippen molar-refractivity contribution in [2.24, 2.45) is 11.8 Å². The van der Waals surface area contributed by atoms with Gasteiger partial charge in [-0.2, -0.15) is 0 Å². The molecule has 1 nitrogen and oxygen atoms in total. The van der Waals surface area contributed by atoms with E-state index in [-0.39, 0.29) is 25.8 Å². The molecule has 0 unspecified atom stereocenters. The van der Waals surface area contributed by atoms with Crippen LogP contribution >= 0.6 is 0 Å². The van der Waals surface area contributed by atoms with Crippen LogP contribution in [0.5, 0.6) is 0 Å². The Labute approximate surface area is 122 Å². The van der Waals surface area contributed by atoms with Gasteiger partial charge in [0.05, 0.1) is 0 Å². The molecule has 0 aromatic heterocycles. The maximum atomic E-state index is 2.57. The van der Waals surface area contributed by atoms with Crippen LogP contribution in [0.4, 0.5) is 0 Å². The van der Waals surface area contributed by atoms with Crippen molar-refractivity contribution in [3.05, 3.63) is 0 Å². The van der Waals surface area contributed by atoms with Gasteiger partial charge in [0.25, 0.3) is 0 Å². The van der Waals surface area contributed by atoms with Crippen molar-refractivity contribution >= 4 is 25.8 Å². The predicted octanol–water partition coefficient (Wildman–Crippen LogP) is 3.80. The molecule has 95 valence electrons. The number of hydrogen-bond acceptors (Lipinski definition) is 1. The van der Waals surface area contributed by atoms with E-state index in [0.29, 0.717) is 0 Å². The molecule has 16 heavy (non-hydrogen) atoms. The number of rotatable bonds is 2. The van der Waals surface area contributed by atoms with Gasteiger partial charge in [0.15, 0.2) is 0 Å². The van der Waals surface area contributed by atoms with Gasteiger partial charge in [0.2, 0.25) is 0 Å². The zero-order chi connectivity index (χ0) is 11.8.